The monoisotopic (exact) mass is 411 g/mol. The number of β-amino-alcohol motifs (C(OH)–C–C–N with tert-alkyl or cyclic N) is 1. The first-order valence-corrected chi connectivity index (χ1v) is 9.70. The number of nitrogens with zero attached hydrogens (tertiary/aromatic N) is 1. The lowest BCUT2D eigenvalue weighted by atomic mass is 10.0. The maximum Gasteiger partial charge on any atom is 0.304 e. The van der Waals surface area contributed by atoms with Gasteiger partial charge < -0.3 is 25.6 Å². The maximum absolute atomic E-state index is 12.4. The summed E-state index contributed by atoms with van der Waals surface area (Å²) in [6, 6.07) is 14.6. The first-order valence-electron chi connectivity index (χ1n) is 9.70. The van der Waals surface area contributed by atoms with E-state index in [9.17, 15) is 14.7 Å². The topological polar surface area (TPSA) is 137 Å². The second kappa shape index (κ2) is 9.41. The van der Waals surface area contributed by atoms with Crippen molar-refractivity contribution in [3.63, 3.8) is 0 Å². The van der Waals surface area contributed by atoms with E-state index in [2.05, 4.69) is 0 Å². The minimum atomic E-state index is -1.01. The van der Waals surface area contributed by atoms with Crippen LogP contribution < -0.4 is 10.5 Å². The number of nitrogen functional groups attached to an aromatic ring is 1. The second-order valence-corrected chi connectivity index (χ2v) is 7.27. The molecule has 8 heteroatoms. The molecule has 0 unspecified atom stereocenters. The summed E-state index contributed by atoms with van der Waals surface area (Å²) in [6.45, 7) is 0.214. The molecule has 0 saturated carbocycles. The van der Waals surface area contributed by atoms with Gasteiger partial charge in [0.05, 0.1) is 25.0 Å². The van der Waals surface area contributed by atoms with Crippen molar-refractivity contribution in [2.45, 2.75) is 18.9 Å². The molecule has 0 aliphatic carbocycles. The number of amides is 1. The largest absolute Gasteiger partial charge is 0.491 e. The predicted octanol–water partition coefficient (Wildman–Crippen LogP) is 1.70. The van der Waals surface area contributed by atoms with Crippen molar-refractivity contribution in [2.75, 3.05) is 19.8 Å². The molecule has 2 aromatic rings. The van der Waals surface area contributed by atoms with Gasteiger partial charge in [-0.15, -0.1) is 0 Å². The smallest absolute Gasteiger partial charge is 0.304 e. The highest BCUT2D eigenvalue weighted by atomic mass is 16.5. The summed E-state index contributed by atoms with van der Waals surface area (Å²) in [5.74, 6) is -1.17. The Hall–Kier alpha value is -3.39. The highest BCUT2D eigenvalue weighted by Crippen LogP contribution is 2.28. The summed E-state index contributed by atoms with van der Waals surface area (Å²) in [7, 11) is 0. The number of rotatable bonds is 9. The van der Waals surface area contributed by atoms with Crippen molar-refractivity contribution >= 4 is 17.7 Å². The van der Waals surface area contributed by atoms with Crippen LogP contribution in [0.15, 0.2) is 48.5 Å². The van der Waals surface area contributed by atoms with Crippen LogP contribution in [0, 0.1) is 11.3 Å². The lowest BCUT2D eigenvalue weighted by Crippen LogP contribution is -2.39. The Bertz CT molecular complexity index is 911. The number of carbonyl (C=O) groups is 2. The van der Waals surface area contributed by atoms with Crippen LogP contribution in [-0.4, -0.2) is 58.6 Å². The van der Waals surface area contributed by atoms with Gasteiger partial charge in [0.25, 0.3) is 0 Å². The van der Waals surface area contributed by atoms with Gasteiger partial charge in [-0.3, -0.25) is 15.0 Å². The molecule has 5 N–H and O–H groups in total. The predicted molar refractivity (Wildman–Crippen MR) is 111 cm³/mol. The average molecular weight is 411 g/mol. The van der Waals surface area contributed by atoms with Crippen molar-refractivity contribution in [1.82, 2.24) is 4.90 Å². The highest BCUT2D eigenvalue weighted by Gasteiger charge is 2.40. The number of carboxylic acids is 1. The molecule has 2 aromatic carbocycles. The van der Waals surface area contributed by atoms with E-state index < -0.39 is 11.9 Å². The van der Waals surface area contributed by atoms with Crippen LogP contribution in [0.5, 0.6) is 5.75 Å². The molecule has 2 atom stereocenters. The fourth-order valence-electron chi connectivity index (χ4n) is 3.69. The minimum Gasteiger partial charge on any atom is -0.491 e. The number of amidine groups is 1. The first kappa shape index (κ1) is 21.3. The summed E-state index contributed by atoms with van der Waals surface area (Å²) in [6.07, 6.45) is 0.181. The summed E-state index contributed by atoms with van der Waals surface area (Å²) < 4.78 is 5.84. The molecule has 0 spiro atoms. The number of aliphatic hydroxyl groups excluding tert-OH is 1. The first-order chi connectivity index (χ1) is 14.4. The van der Waals surface area contributed by atoms with Gasteiger partial charge in [-0.1, -0.05) is 36.4 Å². The van der Waals surface area contributed by atoms with Crippen LogP contribution in [0.3, 0.4) is 0 Å². The molecule has 3 rings (SSSR count). The molecule has 8 nitrogen and oxygen atoms in total. The molecule has 1 aliphatic heterocycles. The van der Waals surface area contributed by atoms with Crippen LogP contribution >= 0.6 is 0 Å². The zero-order valence-electron chi connectivity index (χ0n) is 16.5. The Morgan fingerprint density at radius 1 is 1.13 bits per heavy atom. The third-order valence-electron chi connectivity index (χ3n) is 5.22. The molecule has 1 heterocycles. The SMILES string of the molecule is N=C(N)c1ccc(-c2ccc(OC[C@@H]3C[C@@H](CC(=O)O)C(=O)N3CCO)cc2)cc1. The third-order valence-corrected chi connectivity index (χ3v) is 5.22. The number of ether oxygens (including phenoxy) is 1. The van der Waals surface area contributed by atoms with E-state index in [1.807, 2.05) is 36.4 Å². The second-order valence-electron chi connectivity index (χ2n) is 7.27. The number of likely N-dealkylation sites (tertiary alicyclic amines) is 1. The molecule has 0 radical (unpaired) electrons. The molecular weight excluding hydrogens is 386 g/mol. The van der Waals surface area contributed by atoms with E-state index in [1.165, 1.54) is 4.90 Å². The van der Waals surface area contributed by atoms with Crippen LogP contribution in [-0.2, 0) is 9.59 Å². The van der Waals surface area contributed by atoms with Crippen molar-refractivity contribution in [1.29, 1.82) is 5.41 Å². The van der Waals surface area contributed by atoms with Crippen molar-refractivity contribution in [3.05, 3.63) is 54.1 Å². The number of hydrogen-bond donors (Lipinski definition) is 4. The number of benzene rings is 2. The summed E-state index contributed by atoms with van der Waals surface area (Å²) >= 11 is 0. The standard InChI is InChI=1S/C22H25N3O5/c23-21(24)16-3-1-14(2-4-16)15-5-7-19(8-6-15)30-13-18-11-17(12-20(27)28)22(29)25(18)9-10-26/h1-8,17-18,26H,9-13H2,(H3,23,24)(H,27,28)/t17-,18-/m0/s1. The molecule has 1 amide bonds. The van der Waals surface area contributed by atoms with Crippen molar-refractivity contribution in [2.24, 2.45) is 11.7 Å². The van der Waals surface area contributed by atoms with Gasteiger partial charge in [0.1, 0.15) is 18.2 Å². The lowest BCUT2D eigenvalue weighted by Gasteiger charge is -2.24. The molecule has 1 saturated heterocycles. The van der Waals surface area contributed by atoms with Gasteiger partial charge in [0.15, 0.2) is 0 Å². The number of nitrogens with one attached hydrogen (secondary N) is 1. The van der Waals surface area contributed by atoms with E-state index in [0.717, 1.165) is 11.1 Å². The molecule has 158 valence electrons. The minimum absolute atomic E-state index is 0.0246. The Kier molecular flexibility index (Phi) is 6.68. The number of hydrogen-bond acceptors (Lipinski definition) is 5. The Balaban J connectivity index is 1.63. The van der Waals surface area contributed by atoms with E-state index in [0.29, 0.717) is 17.7 Å². The quantitative estimate of drug-likeness (QED) is 0.366. The zero-order chi connectivity index (χ0) is 21.7. The fraction of sp³-hybridized carbons (Fsp3) is 0.318. The lowest BCUT2D eigenvalue weighted by molar-refractivity contribution is -0.142. The third kappa shape index (κ3) is 4.96. The summed E-state index contributed by atoms with van der Waals surface area (Å²) in [4.78, 5) is 24.9. The van der Waals surface area contributed by atoms with Crippen LogP contribution in [0.2, 0.25) is 0 Å². The fourth-order valence-corrected chi connectivity index (χ4v) is 3.69. The van der Waals surface area contributed by atoms with Gasteiger partial charge in [-0.2, -0.15) is 0 Å². The van der Waals surface area contributed by atoms with Gasteiger partial charge in [0, 0.05) is 12.1 Å². The Labute approximate surface area is 174 Å². The number of aliphatic hydroxyl groups is 1. The maximum atomic E-state index is 12.4. The molecular formula is C22H25N3O5. The molecule has 0 bridgehead atoms. The molecule has 1 aliphatic rings. The van der Waals surface area contributed by atoms with Crippen LogP contribution in [0.25, 0.3) is 11.1 Å². The average Bonchev–Trinajstić information content (AvgIpc) is 3.01. The van der Waals surface area contributed by atoms with E-state index in [4.69, 9.17) is 21.0 Å². The van der Waals surface area contributed by atoms with Crippen molar-refractivity contribution < 1.29 is 24.5 Å². The molecule has 0 aromatic heterocycles. The zero-order valence-corrected chi connectivity index (χ0v) is 16.5. The van der Waals surface area contributed by atoms with Crippen LogP contribution in [0.4, 0.5) is 0 Å². The summed E-state index contributed by atoms with van der Waals surface area (Å²) in [5, 5.41) is 25.7. The van der Waals surface area contributed by atoms with E-state index in [-0.39, 0.29) is 44.0 Å². The van der Waals surface area contributed by atoms with E-state index in [1.54, 1.807) is 12.1 Å². The van der Waals surface area contributed by atoms with E-state index >= 15 is 0 Å². The Morgan fingerprint density at radius 2 is 1.73 bits per heavy atom. The summed E-state index contributed by atoms with van der Waals surface area (Å²) in [5.41, 5.74) is 8.11. The number of nitrogens with two attached hydrogens (primary N) is 1. The highest BCUT2D eigenvalue weighted by molar-refractivity contribution is 5.95. The van der Waals surface area contributed by atoms with Gasteiger partial charge in [-0.25, -0.2) is 0 Å². The number of carbonyl (C=O) groups excluding carboxylic acids is 1. The number of carboxylic acid groups (broad SMARTS) is 1. The van der Waals surface area contributed by atoms with Gasteiger partial charge in [-0.05, 0) is 29.7 Å². The number of aliphatic carboxylic acids is 1. The van der Waals surface area contributed by atoms with Gasteiger partial charge in [0.2, 0.25) is 5.91 Å². The Morgan fingerprint density at radius 3 is 2.27 bits per heavy atom. The van der Waals surface area contributed by atoms with Gasteiger partial charge >= 0.3 is 5.97 Å². The molecule has 30 heavy (non-hydrogen) atoms. The van der Waals surface area contributed by atoms with Crippen molar-refractivity contribution in [3.8, 4) is 16.9 Å². The molecule has 1 fully saturated rings. The van der Waals surface area contributed by atoms with Crippen LogP contribution in [0.1, 0.15) is 18.4 Å². The normalized spacial score (nSPS) is 18.4.